The Morgan fingerprint density at radius 1 is 0.679 bits per heavy atom. The van der Waals surface area contributed by atoms with Crippen molar-refractivity contribution in [1.29, 1.82) is 0 Å². The quantitative estimate of drug-likeness (QED) is 0.288. The summed E-state index contributed by atoms with van der Waals surface area (Å²) in [6.45, 7) is 2.04. The van der Waals surface area contributed by atoms with Gasteiger partial charge in [-0.1, -0.05) is 107 Å². The van der Waals surface area contributed by atoms with E-state index >= 15 is 0 Å². The minimum absolute atomic E-state index is 1.09. The fourth-order valence-electron chi connectivity index (χ4n) is 3.60. The molecule has 0 N–H and O–H groups in total. The smallest absolute Gasteiger partial charge is 0.0181 e. The molecule has 136 valence electrons. The van der Waals surface area contributed by atoms with Gasteiger partial charge in [0.05, 0.1) is 0 Å². The van der Waals surface area contributed by atoms with Crippen molar-refractivity contribution < 1.29 is 0 Å². The molecular formula is C27H21Br. The maximum atomic E-state index is 3.67. The third kappa shape index (κ3) is 3.72. The van der Waals surface area contributed by atoms with Gasteiger partial charge in [-0.25, -0.2) is 0 Å². The second-order valence-electron chi connectivity index (χ2n) is 6.70. The number of fused-ring (bicyclic) bond motifs is 1. The van der Waals surface area contributed by atoms with E-state index in [4.69, 9.17) is 0 Å². The number of hydrogen-bond donors (Lipinski definition) is 0. The van der Waals surface area contributed by atoms with E-state index < -0.39 is 0 Å². The molecule has 0 saturated heterocycles. The summed E-state index contributed by atoms with van der Waals surface area (Å²) in [5.74, 6) is 0. The van der Waals surface area contributed by atoms with Crippen LogP contribution >= 0.6 is 15.9 Å². The van der Waals surface area contributed by atoms with E-state index in [2.05, 4.69) is 125 Å². The molecule has 0 radical (unpaired) electrons. The number of allylic oxidation sites excluding steroid dienone is 3. The normalized spacial score (nSPS) is 11.6. The molecule has 4 rings (SSSR count). The van der Waals surface area contributed by atoms with Crippen LogP contribution in [-0.2, 0) is 0 Å². The molecular weight excluding hydrogens is 404 g/mol. The molecule has 28 heavy (non-hydrogen) atoms. The molecule has 0 nitrogen and oxygen atoms in total. The Labute approximate surface area is 175 Å². The molecule has 0 atom stereocenters. The van der Waals surface area contributed by atoms with Crippen molar-refractivity contribution >= 4 is 32.8 Å². The minimum atomic E-state index is 1.09. The second-order valence-corrected chi connectivity index (χ2v) is 7.61. The molecule has 4 aromatic rings. The Morgan fingerprint density at radius 3 is 2.04 bits per heavy atom. The van der Waals surface area contributed by atoms with Crippen LogP contribution < -0.4 is 0 Å². The zero-order valence-electron chi connectivity index (χ0n) is 15.8. The Morgan fingerprint density at radius 2 is 1.36 bits per heavy atom. The van der Waals surface area contributed by atoms with Crippen molar-refractivity contribution in [1.82, 2.24) is 0 Å². The monoisotopic (exact) mass is 424 g/mol. The Bertz CT molecular complexity index is 1150. The average Bonchev–Trinajstić information content (AvgIpc) is 2.74. The highest BCUT2D eigenvalue weighted by molar-refractivity contribution is 9.10. The van der Waals surface area contributed by atoms with Gasteiger partial charge in [0.1, 0.15) is 0 Å². The van der Waals surface area contributed by atoms with E-state index in [9.17, 15) is 0 Å². The van der Waals surface area contributed by atoms with Crippen LogP contribution in [0.15, 0.2) is 108 Å². The molecule has 0 aliphatic carbocycles. The Balaban J connectivity index is 2.10. The summed E-state index contributed by atoms with van der Waals surface area (Å²) in [5, 5.41) is 2.51. The number of rotatable bonds is 4. The zero-order valence-corrected chi connectivity index (χ0v) is 17.4. The summed E-state index contributed by atoms with van der Waals surface area (Å²) in [7, 11) is 0. The molecule has 0 saturated carbocycles. The van der Waals surface area contributed by atoms with Gasteiger partial charge in [-0.3, -0.25) is 0 Å². The summed E-state index contributed by atoms with van der Waals surface area (Å²) >= 11 is 3.67. The van der Waals surface area contributed by atoms with Crippen LogP contribution in [0.4, 0.5) is 0 Å². The molecule has 0 heterocycles. The maximum Gasteiger partial charge on any atom is 0.0181 e. The lowest BCUT2D eigenvalue weighted by Gasteiger charge is -2.16. The number of hydrogen-bond acceptors (Lipinski definition) is 0. The summed E-state index contributed by atoms with van der Waals surface area (Å²) in [5.41, 5.74) is 6.19. The van der Waals surface area contributed by atoms with Crippen LogP contribution in [0.25, 0.3) is 39.1 Å². The average molecular weight is 425 g/mol. The van der Waals surface area contributed by atoms with E-state index in [1.54, 1.807) is 0 Å². The van der Waals surface area contributed by atoms with Gasteiger partial charge in [-0.15, -0.1) is 0 Å². The van der Waals surface area contributed by atoms with Gasteiger partial charge in [-0.05, 0) is 63.7 Å². The first-order valence-electron chi connectivity index (χ1n) is 9.44. The standard InChI is InChI=1S/C27H21Br/c1-2-3-6-15-22-18-25(20-11-7-4-8-12-20)26-19-23(28)16-17-24(26)27(22)21-13-9-5-10-14-21/h2-19H,1H3/b3-2-,15-6-. The molecule has 0 aromatic heterocycles. The molecule has 0 fully saturated rings. The molecule has 0 aliphatic rings. The zero-order chi connectivity index (χ0) is 19.3. The molecule has 4 aromatic carbocycles. The highest BCUT2D eigenvalue weighted by Gasteiger charge is 2.14. The fourth-order valence-corrected chi connectivity index (χ4v) is 3.96. The number of benzene rings is 4. The van der Waals surface area contributed by atoms with Crippen LogP contribution in [-0.4, -0.2) is 0 Å². The van der Waals surface area contributed by atoms with Gasteiger partial charge in [0.2, 0.25) is 0 Å². The van der Waals surface area contributed by atoms with Gasteiger partial charge in [0.15, 0.2) is 0 Å². The highest BCUT2D eigenvalue weighted by Crippen LogP contribution is 2.40. The third-order valence-corrected chi connectivity index (χ3v) is 5.35. The molecule has 0 spiro atoms. The van der Waals surface area contributed by atoms with Gasteiger partial charge >= 0.3 is 0 Å². The Hall–Kier alpha value is -2.90. The molecule has 1 heteroatoms. The van der Waals surface area contributed by atoms with Gasteiger partial charge in [0.25, 0.3) is 0 Å². The summed E-state index contributed by atoms with van der Waals surface area (Å²) in [4.78, 5) is 0. The predicted octanol–water partition coefficient (Wildman–Crippen LogP) is 8.53. The first-order chi connectivity index (χ1) is 13.8. The van der Waals surface area contributed by atoms with Crippen LogP contribution in [0.5, 0.6) is 0 Å². The van der Waals surface area contributed by atoms with E-state index in [1.807, 2.05) is 6.92 Å². The van der Waals surface area contributed by atoms with Crippen molar-refractivity contribution in [2.75, 3.05) is 0 Å². The fraction of sp³-hybridized carbons (Fsp3) is 0.0370. The largest absolute Gasteiger partial charge is 0.0877 e. The summed E-state index contributed by atoms with van der Waals surface area (Å²) in [6, 6.07) is 30.1. The van der Waals surface area contributed by atoms with Crippen LogP contribution in [0.3, 0.4) is 0 Å². The van der Waals surface area contributed by atoms with E-state index in [-0.39, 0.29) is 0 Å². The van der Waals surface area contributed by atoms with Crippen molar-refractivity contribution in [2.45, 2.75) is 6.92 Å². The first kappa shape index (κ1) is 18.5. The van der Waals surface area contributed by atoms with Crippen molar-refractivity contribution in [3.05, 3.63) is 113 Å². The van der Waals surface area contributed by atoms with Gasteiger partial charge < -0.3 is 0 Å². The summed E-state index contributed by atoms with van der Waals surface area (Å²) < 4.78 is 1.09. The molecule has 0 bridgehead atoms. The second kappa shape index (κ2) is 8.41. The lowest BCUT2D eigenvalue weighted by Crippen LogP contribution is -1.91. The molecule has 0 unspecified atom stereocenters. The Kier molecular flexibility index (Phi) is 5.55. The third-order valence-electron chi connectivity index (χ3n) is 4.86. The SMILES string of the molecule is C/C=C\C=C/c1cc(-c2ccccc2)c2cc(Br)ccc2c1-c1ccccc1. The predicted molar refractivity (Wildman–Crippen MR) is 126 cm³/mol. The first-order valence-corrected chi connectivity index (χ1v) is 10.2. The van der Waals surface area contributed by atoms with Crippen molar-refractivity contribution in [3.8, 4) is 22.3 Å². The van der Waals surface area contributed by atoms with E-state index in [0.717, 1.165) is 4.47 Å². The van der Waals surface area contributed by atoms with Crippen LogP contribution in [0, 0.1) is 0 Å². The van der Waals surface area contributed by atoms with Crippen LogP contribution in [0.1, 0.15) is 12.5 Å². The lowest BCUT2D eigenvalue weighted by atomic mass is 9.88. The maximum absolute atomic E-state index is 3.67. The van der Waals surface area contributed by atoms with Gasteiger partial charge in [-0.2, -0.15) is 0 Å². The van der Waals surface area contributed by atoms with Crippen molar-refractivity contribution in [3.63, 3.8) is 0 Å². The lowest BCUT2D eigenvalue weighted by molar-refractivity contribution is 1.59. The van der Waals surface area contributed by atoms with Crippen molar-refractivity contribution in [2.24, 2.45) is 0 Å². The summed E-state index contributed by atoms with van der Waals surface area (Å²) in [6.07, 6.45) is 8.44. The molecule has 0 amide bonds. The number of halogens is 1. The van der Waals surface area contributed by atoms with Crippen LogP contribution in [0.2, 0.25) is 0 Å². The van der Waals surface area contributed by atoms with E-state index in [0.29, 0.717) is 0 Å². The highest BCUT2D eigenvalue weighted by atomic mass is 79.9. The van der Waals surface area contributed by atoms with Gasteiger partial charge in [0, 0.05) is 4.47 Å². The molecule has 0 aliphatic heterocycles. The minimum Gasteiger partial charge on any atom is -0.0877 e. The van der Waals surface area contributed by atoms with E-state index in [1.165, 1.54) is 38.6 Å². The topological polar surface area (TPSA) is 0 Å².